The van der Waals surface area contributed by atoms with Crippen LogP contribution < -0.4 is 5.32 Å². The molecule has 0 aliphatic carbocycles. The largest absolute Gasteiger partial charge is 0.444 e. The van der Waals surface area contributed by atoms with Crippen molar-refractivity contribution in [1.29, 1.82) is 0 Å². The number of rotatable bonds is 6. The van der Waals surface area contributed by atoms with Crippen molar-refractivity contribution in [3.05, 3.63) is 34.6 Å². The predicted molar refractivity (Wildman–Crippen MR) is 86.6 cm³/mol. The Labute approximate surface area is 136 Å². The highest BCUT2D eigenvalue weighted by Gasteiger charge is 2.20. The predicted octanol–water partition coefficient (Wildman–Crippen LogP) is 3.83. The van der Waals surface area contributed by atoms with Crippen LogP contribution in [-0.4, -0.2) is 36.2 Å². The third-order valence-electron chi connectivity index (χ3n) is 2.92. The third kappa shape index (κ3) is 6.62. The smallest absolute Gasteiger partial charge is 0.410 e. The van der Waals surface area contributed by atoms with Gasteiger partial charge in [0.15, 0.2) is 0 Å². The molecule has 0 bridgehead atoms. The Morgan fingerprint density at radius 3 is 2.64 bits per heavy atom. The molecule has 0 spiro atoms. The zero-order valence-electron chi connectivity index (χ0n) is 13.6. The second kappa shape index (κ2) is 8.34. The van der Waals surface area contributed by atoms with E-state index < -0.39 is 5.60 Å². The van der Waals surface area contributed by atoms with Gasteiger partial charge in [0.2, 0.25) is 0 Å². The van der Waals surface area contributed by atoms with E-state index in [0.29, 0.717) is 31.2 Å². The number of hydrogen-bond acceptors (Lipinski definition) is 3. The molecule has 0 atom stereocenters. The molecule has 0 fully saturated rings. The van der Waals surface area contributed by atoms with E-state index in [0.717, 1.165) is 5.56 Å². The van der Waals surface area contributed by atoms with Crippen LogP contribution in [0.1, 0.15) is 33.3 Å². The normalized spacial score (nSPS) is 11.4. The molecule has 0 aromatic heterocycles. The van der Waals surface area contributed by atoms with Gasteiger partial charge in [0.05, 0.1) is 0 Å². The van der Waals surface area contributed by atoms with Gasteiger partial charge in [-0.25, -0.2) is 9.18 Å². The fourth-order valence-corrected chi connectivity index (χ4v) is 2.04. The van der Waals surface area contributed by atoms with Crippen molar-refractivity contribution in [2.75, 3.05) is 19.6 Å². The summed E-state index contributed by atoms with van der Waals surface area (Å²) in [6, 6.07) is 4.32. The lowest BCUT2D eigenvalue weighted by molar-refractivity contribution is 0.0262. The van der Waals surface area contributed by atoms with Gasteiger partial charge in [-0.1, -0.05) is 17.7 Å². The Balaban J connectivity index is 2.40. The SMILES string of the molecule is CCN(CCNCc1ccc(F)cc1Cl)C(=O)OC(C)(C)C. The number of ether oxygens (including phenoxy) is 1. The van der Waals surface area contributed by atoms with E-state index >= 15 is 0 Å². The van der Waals surface area contributed by atoms with Crippen molar-refractivity contribution in [2.45, 2.75) is 39.8 Å². The van der Waals surface area contributed by atoms with Crippen LogP contribution in [-0.2, 0) is 11.3 Å². The highest BCUT2D eigenvalue weighted by atomic mass is 35.5. The van der Waals surface area contributed by atoms with Gasteiger partial charge in [-0.15, -0.1) is 0 Å². The minimum Gasteiger partial charge on any atom is -0.444 e. The summed E-state index contributed by atoms with van der Waals surface area (Å²) in [6.07, 6.45) is -0.323. The first-order chi connectivity index (χ1) is 10.2. The van der Waals surface area contributed by atoms with Gasteiger partial charge in [-0.3, -0.25) is 0 Å². The first-order valence-corrected chi connectivity index (χ1v) is 7.73. The quantitative estimate of drug-likeness (QED) is 0.806. The molecule has 0 aliphatic rings. The zero-order valence-corrected chi connectivity index (χ0v) is 14.3. The van der Waals surface area contributed by atoms with Crippen molar-refractivity contribution < 1.29 is 13.9 Å². The summed E-state index contributed by atoms with van der Waals surface area (Å²) >= 11 is 5.96. The Kier molecular flexibility index (Phi) is 7.10. The summed E-state index contributed by atoms with van der Waals surface area (Å²) in [5, 5.41) is 3.58. The Morgan fingerprint density at radius 2 is 2.09 bits per heavy atom. The van der Waals surface area contributed by atoms with Gasteiger partial charge >= 0.3 is 6.09 Å². The lowest BCUT2D eigenvalue weighted by Crippen LogP contribution is -2.40. The summed E-state index contributed by atoms with van der Waals surface area (Å²) in [7, 11) is 0. The molecule has 1 N–H and O–H groups in total. The number of halogens is 2. The van der Waals surface area contributed by atoms with Crippen LogP contribution in [0.15, 0.2) is 18.2 Å². The summed E-state index contributed by atoms with van der Waals surface area (Å²) < 4.78 is 18.3. The molecule has 6 heteroatoms. The summed E-state index contributed by atoms with van der Waals surface area (Å²) in [6.45, 7) is 9.65. The molecule has 1 amide bonds. The van der Waals surface area contributed by atoms with Crippen LogP contribution in [0.4, 0.5) is 9.18 Å². The van der Waals surface area contributed by atoms with E-state index in [4.69, 9.17) is 16.3 Å². The van der Waals surface area contributed by atoms with Gasteiger partial charge in [-0.05, 0) is 45.4 Å². The molecule has 0 aliphatic heterocycles. The molecule has 0 saturated heterocycles. The van der Waals surface area contributed by atoms with E-state index in [1.54, 1.807) is 11.0 Å². The number of nitrogens with zero attached hydrogens (tertiary/aromatic N) is 1. The Morgan fingerprint density at radius 1 is 1.41 bits per heavy atom. The topological polar surface area (TPSA) is 41.6 Å². The Hall–Kier alpha value is -1.33. The minimum absolute atomic E-state index is 0.323. The molecular weight excluding hydrogens is 307 g/mol. The monoisotopic (exact) mass is 330 g/mol. The van der Waals surface area contributed by atoms with Crippen molar-refractivity contribution >= 4 is 17.7 Å². The number of amides is 1. The zero-order chi connectivity index (χ0) is 16.8. The van der Waals surface area contributed by atoms with Gasteiger partial charge < -0.3 is 15.0 Å². The molecule has 1 aromatic rings. The maximum atomic E-state index is 12.9. The van der Waals surface area contributed by atoms with Crippen LogP contribution >= 0.6 is 11.6 Å². The second-order valence-electron chi connectivity index (χ2n) is 5.97. The third-order valence-corrected chi connectivity index (χ3v) is 3.27. The van der Waals surface area contributed by atoms with E-state index in [2.05, 4.69) is 5.32 Å². The highest BCUT2D eigenvalue weighted by molar-refractivity contribution is 6.31. The number of carbonyl (C=O) groups is 1. The number of hydrogen-bond donors (Lipinski definition) is 1. The number of carbonyl (C=O) groups excluding carboxylic acids is 1. The van der Waals surface area contributed by atoms with Crippen LogP contribution in [0.5, 0.6) is 0 Å². The van der Waals surface area contributed by atoms with Gasteiger partial charge in [-0.2, -0.15) is 0 Å². The fourth-order valence-electron chi connectivity index (χ4n) is 1.81. The van der Waals surface area contributed by atoms with E-state index in [9.17, 15) is 9.18 Å². The maximum Gasteiger partial charge on any atom is 0.410 e. The van der Waals surface area contributed by atoms with Crippen LogP contribution in [0.25, 0.3) is 0 Å². The van der Waals surface area contributed by atoms with Gasteiger partial charge in [0.1, 0.15) is 11.4 Å². The van der Waals surface area contributed by atoms with Gasteiger partial charge in [0, 0.05) is 31.2 Å². The van der Waals surface area contributed by atoms with Crippen molar-refractivity contribution in [3.63, 3.8) is 0 Å². The molecule has 0 unspecified atom stereocenters. The molecule has 0 saturated carbocycles. The first-order valence-electron chi connectivity index (χ1n) is 7.35. The highest BCUT2D eigenvalue weighted by Crippen LogP contribution is 2.16. The molecule has 0 heterocycles. The molecule has 1 rings (SSSR count). The van der Waals surface area contributed by atoms with Crippen LogP contribution in [0.3, 0.4) is 0 Å². The second-order valence-corrected chi connectivity index (χ2v) is 6.38. The lowest BCUT2D eigenvalue weighted by Gasteiger charge is -2.26. The average molecular weight is 331 g/mol. The minimum atomic E-state index is -0.500. The number of likely N-dealkylation sites (N-methyl/N-ethyl adjacent to an activating group) is 1. The molecule has 4 nitrogen and oxygen atoms in total. The fraction of sp³-hybridized carbons (Fsp3) is 0.562. The molecule has 22 heavy (non-hydrogen) atoms. The molecule has 1 aromatic carbocycles. The maximum absolute atomic E-state index is 12.9. The summed E-state index contributed by atoms with van der Waals surface area (Å²) in [5.74, 6) is -0.351. The van der Waals surface area contributed by atoms with E-state index in [1.807, 2.05) is 27.7 Å². The standard InChI is InChI=1S/C16H24ClFN2O2/c1-5-20(15(21)22-16(2,3)4)9-8-19-11-12-6-7-13(18)10-14(12)17/h6-7,10,19H,5,8-9,11H2,1-4H3. The first kappa shape index (κ1) is 18.7. The van der Waals surface area contributed by atoms with E-state index in [1.165, 1.54) is 12.1 Å². The van der Waals surface area contributed by atoms with E-state index in [-0.39, 0.29) is 11.9 Å². The van der Waals surface area contributed by atoms with Crippen molar-refractivity contribution in [2.24, 2.45) is 0 Å². The van der Waals surface area contributed by atoms with Crippen molar-refractivity contribution in [1.82, 2.24) is 10.2 Å². The van der Waals surface area contributed by atoms with Gasteiger partial charge in [0.25, 0.3) is 0 Å². The number of nitrogens with one attached hydrogen (secondary N) is 1. The molecular formula is C16H24ClFN2O2. The average Bonchev–Trinajstić information content (AvgIpc) is 2.38. The van der Waals surface area contributed by atoms with Crippen molar-refractivity contribution in [3.8, 4) is 0 Å². The number of benzene rings is 1. The lowest BCUT2D eigenvalue weighted by atomic mass is 10.2. The molecule has 0 radical (unpaired) electrons. The molecule has 124 valence electrons. The summed E-state index contributed by atoms with van der Waals surface area (Å²) in [5.41, 5.74) is 0.322. The summed E-state index contributed by atoms with van der Waals surface area (Å²) in [4.78, 5) is 13.6. The van der Waals surface area contributed by atoms with Crippen LogP contribution in [0.2, 0.25) is 5.02 Å². The Bertz CT molecular complexity index is 503. The van der Waals surface area contributed by atoms with Crippen LogP contribution in [0, 0.1) is 5.82 Å².